The monoisotopic (exact) mass is 234 g/mol. The molecule has 0 aliphatic rings. The van der Waals surface area contributed by atoms with Gasteiger partial charge in [0.1, 0.15) is 10.6 Å². The number of carboxylic acids is 1. The fraction of sp³-hybridized carbons (Fsp3) is 0. The van der Waals surface area contributed by atoms with E-state index >= 15 is 0 Å². The van der Waals surface area contributed by atoms with Gasteiger partial charge in [0.2, 0.25) is 0 Å². The van der Waals surface area contributed by atoms with Crippen LogP contribution in [0.2, 0.25) is 0 Å². The number of hydrogen-bond acceptors (Lipinski definition) is 4. The Balaban J connectivity index is 2.12. The van der Waals surface area contributed by atoms with Crippen LogP contribution in [0, 0.1) is 0 Å². The molecule has 5 nitrogen and oxygen atoms in total. The quantitative estimate of drug-likeness (QED) is 0.739. The number of carbonyl (C=O) groups is 1. The molecule has 3 aromatic heterocycles. The molecule has 0 aliphatic heterocycles. The highest BCUT2D eigenvalue weighted by molar-refractivity contribution is 7.18. The first-order valence-electron chi connectivity index (χ1n) is 4.50. The van der Waals surface area contributed by atoms with Crippen molar-refractivity contribution in [3.63, 3.8) is 0 Å². The average molecular weight is 234 g/mol. The zero-order valence-electron chi connectivity index (χ0n) is 7.95. The van der Waals surface area contributed by atoms with Gasteiger partial charge in [-0.25, -0.2) is 9.78 Å². The van der Waals surface area contributed by atoms with Crippen LogP contribution in [-0.4, -0.2) is 20.5 Å². The van der Waals surface area contributed by atoms with Crippen molar-refractivity contribution in [3.05, 3.63) is 35.7 Å². The lowest BCUT2D eigenvalue weighted by molar-refractivity contribution is 0.0702. The third-order valence-corrected chi connectivity index (χ3v) is 3.12. The summed E-state index contributed by atoms with van der Waals surface area (Å²) in [5, 5.41) is 8.81. The smallest absolute Gasteiger partial charge is 0.347 e. The molecule has 3 heterocycles. The van der Waals surface area contributed by atoms with Gasteiger partial charge in [0.15, 0.2) is 10.7 Å². The summed E-state index contributed by atoms with van der Waals surface area (Å²) in [6.45, 7) is 0. The fourth-order valence-electron chi connectivity index (χ4n) is 1.44. The Morgan fingerprint density at radius 3 is 3.00 bits per heavy atom. The molecular weight excluding hydrogens is 228 g/mol. The van der Waals surface area contributed by atoms with E-state index in [2.05, 4.69) is 4.98 Å². The summed E-state index contributed by atoms with van der Waals surface area (Å²) in [6.07, 6.45) is 4.87. The van der Waals surface area contributed by atoms with Crippen LogP contribution >= 0.6 is 11.3 Å². The Morgan fingerprint density at radius 2 is 2.38 bits per heavy atom. The maximum absolute atomic E-state index is 10.7. The van der Waals surface area contributed by atoms with Crippen molar-refractivity contribution < 1.29 is 14.3 Å². The summed E-state index contributed by atoms with van der Waals surface area (Å²) in [4.78, 5) is 15.9. The average Bonchev–Trinajstić information content (AvgIpc) is 2.91. The van der Waals surface area contributed by atoms with Crippen LogP contribution < -0.4 is 0 Å². The van der Waals surface area contributed by atoms with E-state index in [0.29, 0.717) is 16.4 Å². The molecule has 0 atom stereocenters. The molecule has 3 rings (SSSR count). The molecular formula is C10H6N2O3S. The molecule has 0 amide bonds. The SMILES string of the molecule is O=C(O)c1cn2cc(-c3ccco3)nc2s1. The number of aromatic nitrogens is 2. The molecule has 80 valence electrons. The van der Waals surface area contributed by atoms with Crippen LogP contribution in [0.5, 0.6) is 0 Å². The van der Waals surface area contributed by atoms with Gasteiger partial charge in [-0.1, -0.05) is 11.3 Å². The number of hydrogen-bond donors (Lipinski definition) is 1. The molecule has 0 bridgehead atoms. The minimum absolute atomic E-state index is 0.272. The summed E-state index contributed by atoms with van der Waals surface area (Å²) >= 11 is 1.13. The third kappa shape index (κ3) is 1.31. The number of carboxylic acid groups (broad SMARTS) is 1. The first kappa shape index (κ1) is 9.17. The molecule has 0 unspecified atom stereocenters. The standard InChI is InChI=1S/C10H6N2O3S/c13-9(14)8-5-12-4-6(11-10(12)16-8)7-2-1-3-15-7/h1-5H,(H,13,14). The number of aromatic carboxylic acids is 1. The number of nitrogens with zero attached hydrogens (tertiary/aromatic N) is 2. The van der Waals surface area contributed by atoms with Crippen molar-refractivity contribution in [3.8, 4) is 11.5 Å². The van der Waals surface area contributed by atoms with Gasteiger partial charge in [-0.15, -0.1) is 0 Å². The van der Waals surface area contributed by atoms with Gasteiger partial charge < -0.3 is 9.52 Å². The predicted molar refractivity (Wildman–Crippen MR) is 57.7 cm³/mol. The van der Waals surface area contributed by atoms with Crippen molar-refractivity contribution in [1.82, 2.24) is 9.38 Å². The van der Waals surface area contributed by atoms with Gasteiger partial charge in [0.05, 0.1) is 6.26 Å². The van der Waals surface area contributed by atoms with Crippen molar-refractivity contribution in [2.24, 2.45) is 0 Å². The molecule has 16 heavy (non-hydrogen) atoms. The molecule has 3 aromatic rings. The van der Waals surface area contributed by atoms with Crippen molar-refractivity contribution >= 4 is 22.3 Å². The normalized spacial score (nSPS) is 11.0. The lowest BCUT2D eigenvalue weighted by atomic mass is 10.4. The number of thiazole rings is 1. The molecule has 0 fully saturated rings. The second kappa shape index (κ2) is 3.21. The van der Waals surface area contributed by atoms with E-state index in [0.717, 1.165) is 11.3 Å². The highest BCUT2D eigenvalue weighted by Crippen LogP contribution is 2.23. The maximum atomic E-state index is 10.7. The van der Waals surface area contributed by atoms with Crippen molar-refractivity contribution in [1.29, 1.82) is 0 Å². The van der Waals surface area contributed by atoms with Crippen LogP contribution in [0.1, 0.15) is 9.67 Å². The summed E-state index contributed by atoms with van der Waals surface area (Å²) in [6, 6.07) is 3.59. The van der Waals surface area contributed by atoms with E-state index in [-0.39, 0.29) is 4.88 Å². The zero-order chi connectivity index (χ0) is 11.1. The third-order valence-electron chi connectivity index (χ3n) is 2.14. The van der Waals surface area contributed by atoms with E-state index < -0.39 is 5.97 Å². The summed E-state index contributed by atoms with van der Waals surface area (Å²) in [5.41, 5.74) is 0.702. The largest absolute Gasteiger partial charge is 0.477 e. The Hall–Kier alpha value is -2.08. The molecule has 0 aliphatic carbocycles. The van der Waals surface area contributed by atoms with Gasteiger partial charge in [0.25, 0.3) is 0 Å². The Kier molecular flexibility index (Phi) is 1.84. The number of imidazole rings is 1. The lowest BCUT2D eigenvalue weighted by Gasteiger charge is -1.86. The van der Waals surface area contributed by atoms with Crippen LogP contribution in [0.3, 0.4) is 0 Å². The second-order valence-electron chi connectivity index (χ2n) is 3.19. The first-order chi connectivity index (χ1) is 7.74. The van der Waals surface area contributed by atoms with Gasteiger partial charge >= 0.3 is 5.97 Å². The summed E-state index contributed by atoms with van der Waals surface area (Å²) in [5.74, 6) is -0.261. The second-order valence-corrected chi connectivity index (χ2v) is 4.20. The Bertz CT molecular complexity index is 619. The van der Waals surface area contributed by atoms with Crippen LogP contribution in [0.25, 0.3) is 16.4 Å². The van der Waals surface area contributed by atoms with Gasteiger partial charge in [-0.05, 0) is 12.1 Å². The molecule has 0 aromatic carbocycles. The summed E-state index contributed by atoms with van der Waals surface area (Å²) in [7, 11) is 0. The minimum atomic E-state index is -0.935. The van der Waals surface area contributed by atoms with Crippen molar-refractivity contribution in [2.45, 2.75) is 0 Å². The fourth-order valence-corrected chi connectivity index (χ4v) is 2.24. The molecule has 1 N–H and O–H groups in total. The molecule has 6 heteroatoms. The van der Waals surface area contributed by atoms with Crippen LogP contribution in [0.4, 0.5) is 0 Å². The first-order valence-corrected chi connectivity index (χ1v) is 5.31. The molecule has 0 saturated heterocycles. The van der Waals surface area contributed by atoms with E-state index in [1.54, 1.807) is 29.1 Å². The van der Waals surface area contributed by atoms with E-state index in [1.807, 2.05) is 6.07 Å². The Labute approximate surface area is 93.6 Å². The van der Waals surface area contributed by atoms with Gasteiger partial charge in [0, 0.05) is 12.4 Å². The number of rotatable bonds is 2. The maximum Gasteiger partial charge on any atom is 0.347 e. The van der Waals surface area contributed by atoms with Crippen LogP contribution in [-0.2, 0) is 0 Å². The van der Waals surface area contributed by atoms with E-state index in [9.17, 15) is 4.79 Å². The number of fused-ring (bicyclic) bond motifs is 1. The predicted octanol–water partition coefficient (Wildman–Crippen LogP) is 2.35. The van der Waals surface area contributed by atoms with E-state index in [4.69, 9.17) is 9.52 Å². The topological polar surface area (TPSA) is 67.7 Å². The highest BCUT2D eigenvalue weighted by Gasteiger charge is 2.12. The number of furan rings is 1. The highest BCUT2D eigenvalue weighted by atomic mass is 32.1. The molecule has 0 spiro atoms. The van der Waals surface area contributed by atoms with Gasteiger partial charge in [-0.3, -0.25) is 4.40 Å². The van der Waals surface area contributed by atoms with Gasteiger partial charge in [-0.2, -0.15) is 0 Å². The zero-order valence-corrected chi connectivity index (χ0v) is 8.77. The van der Waals surface area contributed by atoms with Crippen LogP contribution in [0.15, 0.2) is 35.2 Å². The van der Waals surface area contributed by atoms with E-state index in [1.165, 1.54) is 0 Å². The molecule has 0 radical (unpaired) electrons. The lowest BCUT2D eigenvalue weighted by Crippen LogP contribution is -1.90. The Morgan fingerprint density at radius 1 is 1.50 bits per heavy atom. The minimum Gasteiger partial charge on any atom is -0.477 e. The van der Waals surface area contributed by atoms with Crippen molar-refractivity contribution in [2.75, 3.05) is 0 Å². The summed E-state index contributed by atoms with van der Waals surface area (Å²) < 4.78 is 6.90. The molecule has 0 saturated carbocycles.